The third-order valence-corrected chi connectivity index (χ3v) is 5.31. The number of nitrogens with two attached hydrogens (primary N) is 1. The van der Waals surface area contributed by atoms with Crippen molar-refractivity contribution in [1.82, 2.24) is 9.80 Å². The number of hydrogen-bond acceptors (Lipinski definition) is 4. The molecule has 2 heterocycles. The molecule has 0 aromatic heterocycles. The third kappa shape index (κ3) is 3.98. The van der Waals surface area contributed by atoms with Gasteiger partial charge in [-0.25, -0.2) is 4.79 Å². The summed E-state index contributed by atoms with van der Waals surface area (Å²) in [4.78, 5) is 41.2. The quantitative estimate of drug-likeness (QED) is 0.826. The van der Waals surface area contributed by atoms with E-state index in [4.69, 9.17) is 5.73 Å². The first kappa shape index (κ1) is 18.2. The minimum atomic E-state index is -0.443. The molecule has 2 fully saturated rings. The Labute approximate surface area is 153 Å². The van der Waals surface area contributed by atoms with Crippen molar-refractivity contribution >= 4 is 23.4 Å². The van der Waals surface area contributed by atoms with Crippen LogP contribution in [0.2, 0.25) is 0 Å². The van der Waals surface area contributed by atoms with Crippen LogP contribution in [0.1, 0.15) is 30.1 Å². The summed E-state index contributed by atoms with van der Waals surface area (Å²) in [5.74, 6) is 0.0460. The number of carbonyl (C=O) groups is 3. The average Bonchev–Trinajstić information content (AvgIpc) is 2.67. The Morgan fingerprint density at radius 1 is 0.962 bits per heavy atom. The topological polar surface area (TPSA) is 87.0 Å². The van der Waals surface area contributed by atoms with Gasteiger partial charge in [0, 0.05) is 50.5 Å². The van der Waals surface area contributed by atoms with E-state index >= 15 is 0 Å². The van der Waals surface area contributed by atoms with Crippen LogP contribution in [-0.4, -0.2) is 66.8 Å². The van der Waals surface area contributed by atoms with Crippen LogP contribution in [0.25, 0.3) is 0 Å². The minimum absolute atomic E-state index is 0.0597. The summed E-state index contributed by atoms with van der Waals surface area (Å²) in [6.07, 6.45) is 1.64. The second-order valence-corrected chi connectivity index (χ2v) is 7.04. The zero-order valence-corrected chi connectivity index (χ0v) is 15.2. The van der Waals surface area contributed by atoms with E-state index in [0.717, 1.165) is 31.6 Å². The van der Waals surface area contributed by atoms with Gasteiger partial charge in [-0.1, -0.05) is 0 Å². The number of likely N-dealkylation sites (tertiary alicyclic amines) is 1. The van der Waals surface area contributed by atoms with Gasteiger partial charge < -0.3 is 20.4 Å². The maximum absolute atomic E-state index is 12.8. The number of Topliss-reactive ketones (excluding diaryl/α,β-unsaturated/α-hetero) is 1. The normalized spacial score (nSPS) is 20.8. The van der Waals surface area contributed by atoms with Crippen LogP contribution in [0.5, 0.6) is 0 Å². The van der Waals surface area contributed by atoms with Crippen molar-refractivity contribution in [3.63, 3.8) is 0 Å². The molecule has 2 N–H and O–H groups in total. The van der Waals surface area contributed by atoms with Crippen LogP contribution in [0.15, 0.2) is 24.3 Å². The van der Waals surface area contributed by atoms with Crippen molar-refractivity contribution in [2.75, 3.05) is 44.2 Å². The number of hydrogen-bond donors (Lipinski definition) is 1. The fourth-order valence-electron chi connectivity index (χ4n) is 3.73. The molecule has 2 aliphatic heterocycles. The molecule has 7 heteroatoms. The molecule has 1 aromatic carbocycles. The zero-order chi connectivity index (χ0) is 18.7. The first-order valence-corrected chi connectivity index (χ1v) is 9.15. The molecule has 2 saturated heterocycles. The van der Waals surface area contributed by atoms with Crippen LogP contribution < -0.4 is 10.6 Å². The number of piperidine rings is 1. The van der Waals surface area contributed by atoms with Crippen molar-refractivity contribution < 1.29 is 14.4 Å². The lowest BCUT2D eigenvalue weighted by atomic mass is 9.96. The SMILES string of the molecule is CC(=O)c1ccc(N2CCN(C(=O)[C@H]3CCCN(C(N)=O)C3)CC2)cc1. The van der Waals surface area contributed by atoms with Gasteiger partial charge in [-0.2, -0.15) is 0 Å². The van der Waals surface area contributed by atoms with E-state index in [0.29, 0.717) is 31.7 Å². The second-order valence-electron chi connectivity index (χ2n) is 7.04. The van der Waals surface area contributed by atoms with E-state index in [2.05, 4.69) is 4.90 Å². The highest BCUT2D eigenvalue weighted by molar-refractivity contribution is 5.94. The molecule has 1 atom stereocenters. The number of amides is 3. The monoisotopic (exact) mass is 358 g/mol. The standard InChI is InChI=1S/C19H26N4O3/c1-14(24)15-4-6-17(7-5-15)21-9-11-22(12-10-21)18(25)16-3-2-8-23(13-16)19(20)26/h4-7,16H,2-3,8-13H2,1H3,(H2,20,26)/t16-/m0/s1. The summed E-state index contributed by atoms with van der Waals surface area (Å²) in [5.41, 5.74) is 7.13. The highest BCUT2D eigenvalue weighted by Crippen LogP contribution is 2.22. The second kappa shape index (κ2) is 7.76. The molecule has 0 spiro atoms. The van der Waals surface area contributed by atoms with Crippen molar-refractivity contribution in [3.05, 3.63) is 29.8 Å². The maximum Gasteiger partial charge on any atom is 0.314 e. The van der Waals surface area contributed by atoms with Gasteiger partial charge in [0.1, 0.15) is 0 Å². The summed E-state index contributed by atoms with van der Waals surface area (Å²) in [5, 5.41) is 0. The number of nitrogens with zero attached hydrogens (tertiary/aromatic N) is 3. The summed E-state index contributed by atoms with van der Waals surface area (Å²) in [6, 6.07) is 7.16. The van der Waals surface area contributed by atoms with Crippen LogP contribution in [0.3, 0.4) is 0 Å². The van der Waals surface area contributed by atoms with Gasteiger partial charge in [-0.3, -0.25) is 9.59 Å². The molecular formula is C19H26N4O3. The van der Waals surface area contributed by atoms with E-state index in [-0.39, 0.29) is 17.6 Å². The van der Waals surface area contributed by atoms with Gasteiger partial charge in [-0.05, 0) is 44.0 Å². The minimum Gasteiger partial charge on any atom is -0.368 e. The summed E-state index contributed by atoms with van der Waals surface area (Å²) in [7, 11) is 0. The Balaban J connectivity index is 1.55. The Kier molecular flexibility index (Phi) is 5.44. The van der Waals surface area contributed by atoms with Crippen molar-refractivity contribution in [2.45, 2.75) is 19.8 Å². The summed E-state index contributed by atoms with van der Waals surface area (Å²) >= 11 is 0. The van der Waals surface area contributed by atoms with E-state index in [1.54, 1.807) is 11.8 Å². The number of piperazine rings is 1. The molecule has 1 aromatic rings. The fourth-order valence-corrected chi connectivity index (χ4v) is 3.73. The molecule has 3 rings (SSSR count). The number of benzene rings is 1. The van der Waals surface area contributed by atoms with Crippen molar-refractivity contribution in [3.8, 4) is 0 Å². The number of ketones is 1. The highest BCUT2D eigenvalue weighted by Gasteiger charge is 2.32. The average molecular weight is 358 g/mol. The third-order valence-electron chi connectivity index (χ3n) is 5.31. The molecule has 7 nitrogen and oxygen atoms in total. The van der Waals surface area contributed by atoms with Crippen molar-refractivity contribution in [2.24, 2.45) is 11.7 Å². The van der Waals surface area contributed by atoms with E-state index in [1.807, 2.05) is 29.2 Å². The lowest BCUT2D eigenvalue weighted by Gasteiger charge is -2.39. The molecule has 3 amide bonds. The van der Waals surface area contributed by atoms with Gasteiger partial charge >= 0.3 is 6.03 Å². The molecule has 0 bridgehead atoms. The summed E-state index contributed by atoms with van der Waals surface area (Å²) in [6.45, 7) is 5.49. The van der Waals surface area contributed by atoms with Gasteiger partial charge in [0.2, 0.25) is 5.91 Å². The number of urea groups is 1. The maximum atomic E-state index is 12.8. The highest BCUT2D eigenvalue weighted by atomic mass is 16.2. The molecular weight excluding hydrogens is 332 g/mol. The predicted molar refractivity (Wildman–Crippen MR) is 99.1 cm³/mol. The Morgan fingerprint density at radius 2 is 1.62 bits per heavy atom. The van der Waals surface area contributed by atoms with E-state index < -0.39 is 6.03 Å². The molecule has 0 aliphatic carbocycles. The predicted octanol–water partition coefficient (Wildman–Crippen LogP) is 1.33. The molecule has 0 unspecified atom stereocenters. The molecule has 140 valence electrons. The number of primary amides is 1. The largest absolute Gasteiger partial charge is 0.368 e. The van der Waals surface area contributed by atoms with Crippen LogP contribution in [-0.2, 0) is 4.79 Å². The van der Waals surface area contributed by atoms with Gasteiger partial charge in [-0.15, -0.1) is 0 Å². The Bertz CT molecular complexity index is 681. The van der Waals surface area contributed by atoms with Gasteiger partial charge in [0.05, 0.1) is 5.92 Å². The van der Waals surface area contributed by atoms with E-state index in [1.165, 1.54) is 0 Å². The molecule has 0 radical (unpaired) electrons. The zero-order valence-electron chi connectivity index (χ0n) is 15.2. The lowest BCUT2D eigenvalue weighted by Crippen LogP contribution is -2.53. The molecule has 2 aliphatic rings. The molecule has 0 saturated carbocycles. The van der Waals surface area contributed by atoms with Gasteiger partial charge in [0.15, 0.2) is 5.78 Å². The Morgan fingerprint density at radius 3 is 2.19 bits per heavy atom. The Hall–Kier alpha value is -2.57. The lowest BCUT2D eigenvalue weighted by molar-refractivity contribution is -0.137. The smallest absolute Gasteiger partial charge is 0.314 e. The number of rotatable bonds is 3. The first-order valence-electron chi connectivity index (χ1n) is 9.15. The van der Waals surface area contributed by atoms with Crippen LogP contribution >= 0.6 is 0 Å². The number of anilines is 1. The first-order chi connectivity index (χ1) is 12.5. The summed E-state index contributed by atoms with van der Waals surface area (Å²) < 4.78 is 0. The van der Waals surface area contributed by atoms with Crippen molar-refractivity contribution in [1.29, 1.82) is 0 Å². The van der Waals surface area contributed by atoms with Gasteiger partial charge in [0.25, 0.3) is 0 Å². The number of carbonyl (C=O) groups excluding carboxylic acids is 3. The van der Waals surface area contributed by atoms with Crippen LogP contribution in [0, 0.1) is 5.92 Å². The molecule has 26 heavy (non-hydrogen) atoms. The van der Waals surface area contributed by atoms with E-state index in [9.17, 15) is 14.4 Å². The van der Waals surface area contributed by atoms with Crippen LogP contribution in [0.4, 0.5) is 10.5 Å². The fraction of sp³-hybridized carbons (Fsp3) is 0.526.